The van der Waals surface area contributed by atoms with Gasteiger partial charge in [0.2, 0.25) is 0 Å². The van der Waals surface area contributed by atoms with Crippen LogP contribution in [-0.2, 0) is 19.5 Å². The zero-order valence-corrected chi connectivity index (χ0v) is 19.3. The topological polar surface area (TPSA) is 72.9 Å². The van der Waals surface area contributed by atoms with E-state index in [0.29, 0.717) is 10.6 Å². The molecule has 0 N–H and O–H groups in total. The first-order valence-electron chi connectivity index (χ1n) is 9.17. The summed E-state index contributed by atoms with van der Waals surface area (Å²) in [7, 11) is -0.00379. The number of hydrogen-bond donors (Lipinski definition) is 0. The van der Waals surface area contributed by atoms with E-state index in [1.54, 1.807) is 12.1 Å². The first-order chi connectivity index (χ1) is 14.7. The SMILES string of the molecule is C=C/C=C(OC)\C(=C/S(=O)(=O)N(C)c1ccc(Cl)cc1C(=O)c1ccccc1C)OC. The van der Waals surface area contributed by atoms with Gasteiger partial charge in [-0.05, 0) is 36.8 Å². The molecule has 6 nitrogen and oxygen atoms in total. The van der Waals surface area contributed by atoms with Crippen molar-refractivity contribution in [2.75, 3.05) is 25.6 Å². The van der Waals surface area contributed by atoms with E-state index in [1.165, 1.54) is 51.6 Å². The van der Waals surface area contributed by atoms with E-state index in [1.807, 2.05) is 19.1 Å². The van der Waals surface area contributed by atoms with E-state index < -0.39 is 10.0 Å². The first-order valence-corrected chi connectivity index (χ1v) is 11.1. The van der Waals surface area contributed by atoms with Crippen LogP contribution in [0.2, 0.25) is 5.02 Å². The molecule has 164 valence electrons. The second-order valence-electron chi connectivity index (χ2n) is 6.47. The van der Waals surface area contributed by atoms with Crippen molar-refractivity contribution in [1.29, 1.82) is 0 Å². The number of nitrogens with zero attached hydrogens (tertiary/aromatic N) is 1. The Bertz CT molecular complexity index is 1150. The molecule has 31 heavy (non-hydrogen) atoms. The van der Waals surface area contributed by atoms with Crippen molar-refractivity contribution in [3.05, 3.63) is 99.8 Å². The van der Waals surface area contributed by atoms with Crippen molar-refractivity contribution < 1.29 is 22.7 Å². The Morgan fingerprint density at radius 1 is 1.06 bits per heavy atom. The Balaban J connectivity index is 2.59. The molecule has 2 aromatic carbocycles. The minimum absolute atomic E-state index is 0.0185. The molecule has 0 aromatic heterocycles. The van der Waals surface area contributed by atoms with E-state index in [2.05, 4.69) is 6.58 Å². The molecule has 8 heteroatoms. The van der Waals surface area contributed by atoms with Crippen LogP contribution >= 0.6 is 11.6 Å². The van der Waals surface area contributed by atoms with E-state index >= 15 is 0 Å². The standard InChI is InChI=1S/C23H24ClNO5S/c1-6-9-21(29-4)22(30-5)15-31(27,28)25(3)20-13-12-17(24)14-19(20)23(26)18-11-8-7-10-16(18)2/h6-15H,1H2,2-5H3/b21-9+,22-15+. The fourth-order valence-corrected chi connectivity index (χ4v) is 4.10. The summed E-state index contributed by atoms with van der Waals surface area (Å²) < 4.78 is 37.6. The largest absolute Gasteiger partial charge is 0.493 e. The number of hydrogen-bond acceptors (Lipinski definition) is 5. The van der Waals surface area contributed by atoms with Gasteiger partial charge < -0.3 is 9.47 Å². The third kappa shape index (κ3) is 5.57. The van der Waals surface area contributed by atoms with Gasteiger partial charge in [0.25, 0.3) is 10.0 Å². The Labute approximate surface area is 188 Å². The maximum Gasteiger partial charge on any atom is 0.261 e. The lowest BCUT2D eigenvalue weighted by Crippen LogP contribution is -2.27. The summed E-state index contributed by atoms with van der Waals surface area (Å²) in [6.07, 6.45) is 2.92. The number of ketones is 1. The molecule has 2 rings (SSSR count). The Hall–Kier alpha value is -3.03. The zero-order chi connectivity index (χ0) is 23.2. The average Bonchev–Trinajstić information content (AvgIpc) is 2.75. The van der Waals surface area contributed by atoms with Gasteiger partial charge in [-0.3, -0.25) is 9.10 Å². The number of sulfonamides is 1. The smallest absolute Gasteiger partial charge is 0.261 e. The van der Waals surface area contributed by atoms with Crippen LogP contribution in [-0.4, -0.2) is 35.5 Å². The maximum atomic E-state index is 13.2. The van der Waals surface area contributed by atoms with E-state index in [4.69, 9.17) is 21.1 Å². The molecule has 0 bridgehead atoms. The Kier molecular flexibility index (Phi) is 8.08. The zero-order valence-electron chi connectivity index (χ0n) is 17.8. The summed E-state index contributed by atoms with van der Waals surface area (Å²) in [5, 5.41) is 1.23. The maximum absolute atomic E-state index is 13.2. The lowest BCUT2D eigenvalue weighted by molar-refractivity contribution is 0.103. The highest BCUT2D eigenvalue weighted by Gasteiger charge is 2.25. The number of halogens is 1. The molecular weight excluding hydrogens is 438 g/mol. The van der Waals surface area contributed by atoms with Crippen molar-refractivity contribution in [2.24, 2.45) is 0 Å². The van der Waals surface area contributed by atoms with Crippen LogP contribution in [0.5, 0.6) is 0 Å². The van der Waals surface area contributed by atoms with Crippen LogP contribution in [0.15, 0.2) is 78.1 Å². The summed E-state index contributed by atoms with van der Waals surface area (Å²) >= 11 is 6.12. The second kappa shape index (κ2) is 10.3. The van der Waals surface area contributed by atoms with Crippen LogP contribution in [0.1, 0.15) is 21.5 Å². The molecule has 0 amide bonds. The van der Waals surface area contributed by atoms with E-state index in [0.717, 1.165) is 15.3 Å². The number of ether oxygens (including phenoxy) is 2. The summed E-state index contributed by atoms with van der Waals surface area (Å²) in [5.74, 6) is -0.172. The highest BCUT2D eigenvalue weighted by atomic mass is 35.5. The van der Waals surface area contributed by atoms with Gasteiger partial charge in [0.05, 0.1) is 25.3 Å². The molecule has 2 aromatic rings. The van der Waals surface area contributed by atoms with Crippen LogP contribution in [0.4, 0.5) is 5.69 Å². The average molecular weight is 462 g/mol. The fourth-order valence-electron chi connectivity index (χ4n) is 2.85. The molecule has 0 spiro atoms. The molecule has 0 aliphatic carbocycles. The van der Waals surface area contributed by atoms with Crippen molar-refractivity contribution >= 4 is 33.1 Å². The molecule has 0 atom stereocenters. The molecule has 0 saturated carbocycles. The normalized spacial score (nSPS) is 12.3. The third-order valence-electron chi connectivity index (χ3n) is 4.52. The van der Waals surface area contributed by atoms with Crippen molar-refractivity contribution in [3.63, 3.8) is 0 Å². The van der Waals surface area contributed by atoms with Crippen LogP contribution in [0.25, 0.3) is 0 Å². The highest BCUT2D eigenvalue weighted by Crippen LogP contribution is 2.29. The number of carbonyl (C=O) groups is 1. The van der Waals surface area contributed by atoms with Gasteiger partial charge in [0, 0.05) is 23.2 Å². The van der Waals surface area contributed by atoms with Gasteiger partial charge in [-0.1, -0.05) is 48.5 Å². The van der Waals surface area contributed by atoms with Crippen LogP contribution < -0.4 is 4.31 Å². The van der Waals surface area contributed by atoms with Gasteiger partial charge in [0.15, 0.2) is 17.3 Å². The lowest BCUT2D eigenvalue weighted by atomic mass is 9.98. The number of carbonyl (C=O) groups excluding carboxylic acids is 1. The van der Waals surface area contributed by atoms with Gasteiger partial charge in [-0.2, -0.15) is 0 Å². The van der Waals surface area contributed by atoms with E-state index in [9.17, 15) is 13.2 Å². The molecule has 0 aliphatic heterocycles. The number of allylic oxidation sites excluding steroid dienone is 2. The summed E-state index contributed by atoms with van der Waals surface area (Å²) in [6.45, 7) is 5.38. The van der Waals surface area contributed by atoms with Gasteiger partial charge in [0.1, 0.15) is 0 Å². The second-order valence-corrected chi connectivity index (χ2v) is 8.72. The van der Waals surface area contributed by atoms with Crippen LogP contribution in [0, 0.1) is 6.92 Å². The van der Waals surface area contributed by atoms with Gasteiger partial charge in [-0.15, -0.1) is 0 Å². The molecule has 0 heterocycles. The quantitative estimate of drug-likeness (QED) is 0.303. The number of rotatable bonds is 9. The molecule has 0 fully saturated rings. The molecule has 0 saturated heterocycles. The molecule has 0 aliphatic rings. The lowest BCUT2D eigenvalue weighted by Gasteiger charge is -2.21. The predicted molar refractivity (Wildman–Crippen MR) is 124 cm³/mol. The number of anilines is 1. The minimum Gasteiger partial charge on any atom is -0.493 e. The van der Waals surface area contributed by atoms with Crippen molar-refractivity contribution in [3.8, 4) is 0 Å². The number of benzene rings is 2. The van der Waals surface area contributed by atoms with E-state index in [-0.39, 0.29) is 28.6 Å². The monoisotopic (exact) mass is 461 g/mol. The Morgan fingerprint density at radius 3 is 2.29 bits per heavy atom. The fraction of sp³-hybridized carbons (Fsp3) is 0.174. The van der Waals surface area contributed by atoms with Gasteiger partial charge in [-0.25, -0.2) is 8.42 Å². The number of methoxy groups -OCH3 is 2. The first kappa shape index (κ1) is 24.2. The molecule has 0 radical (unpaired) electrons. The van der Waals surface area contributed by atoms with Gasteiger partial charge >= 0.3 is 0 Å². The highest BCUT2D eigenvalue weighted by molar-refractivity contribution is 7.95. The summed E-state index contributed by atoms with van der Waals surface area (Å²) in [5.41, 5.74) is 1.56. The van der Waals surface area contributed by atoms with Crippen molar-refractivity contribution in [2.45, 2.75) is 6.92 Å². The Morgan fingerprint density at radius 2 is 1.71 bits per heavy atom. The predicted octanol–water partition coefficient (Wildman–Crippen LogP) is 4.85. The molecule has 0 unspecified atom stereocenters. The van der Waals surface area contributed by atoms with Crippen LogP contribution in [0.3, 0.4) is 0 Å². The summed E-state index contributed by atoms with van der Waals surface area (Å²) in [4.78, 5) is 13.2. The molecular formula is C23H24ClNO5S. The van der Waals surface area contributed by atoms with Crippen molar-refractivity contribution in [1.82, 2.24) is 0 Å². The number of aryl methyl sites for hydroxylation is 1. The third-order valence-corrected chi connectivity index (χ3v) is 6.23. The minimum atomic E-state index is -4.06. The summed E-state index contributed by atoms with van der Waals surface area (Å²) in [6, 6.07) is 11.5.